The zero-order valence-corrected chi connectivity index (χ0v) is 15.9. The first-order valence-corrected chi connectivity index (χ1v) is 10.6. The summed E-state index contributed by atoms with van der Waals surface area (Å²) in [6, 6.07) is 13.1. The van der Waals surface area contributed by atoms with Gasteiger partial charge < -0.3 is 5.32 Å². The van der Waals surface area contributed by atoms with Crippen LogP contribution in [0.4, 0.5) is 5.69 Å². The van der Waals surface area contributed by atoms with Gasteiger partial charge in [0.15, 0.2) is 0 Å². The lowest BCUT2D eigenvalue weighted by Crippen LogP contribution is -2.39. The van der Waals surface area contributed by atoms with Gasteiger partial charge in [-0.05, 0) is 53.8 Å². The van der Waals surface area contributed by atoms with Crippen LogP contribution in [0.1, 0.15) is 17.0 Å². The Balaban J connectivity index is 1.69. The quantitative estimate of drug-likeness (QED) is 0.693. The predicted octanol–water partition coefficient (Wildman–Crippen LogP) is 4.35. The van der Waals surface area contributed by atoms with Gasteiger partial charge in [0.25, 0.3) is 10.0 Å². The van der Waals surface area contributed by atoms with Gasteiger partial charge >= 0.3 is 0 Å². The van der Waals surface area contributed by atoms with E-state index in [2.05, 4.69) is 10.0 Å². The third kappa shape index (κ3) is 3.15. The zero-order chi connectivity index (χ0) is 17.6. The number of halogens is 1. The fourth-order valence-corrected chi connectivity index (χ4v) is 5.98. The van der Waals surface area contributed by atoms with Crippen LogP contribution in [0, 0.1) is 6.92 Å². The van der Waals surface area contributed by atoms with Crippen molar-refractivity contribution in [3.05, 3.63) is 58.6 Å². The topological polar surface area (TPSA) is 58.2 Å². The van der Waals surface area contributed by atoms with E-state index in [1.807, 2.05) is 37.3 Å². The number of benzene rings is 2. The molecule has 1 fully saturated rings. The molecule has 0 spiro atoms. The summed E-state index contributed by atoms with van der Waals surface area (Å²) in [5, 5.41) is 4.72. The summed E-state index contributed by atoms with van der Waals surface area (Å²) in [5.41, 5.74) is 2.48. The van der Waals surface area contributed by atoms with Gasteiger partial charge in [0.1, 0.15) is 4.21 Å². The molecule has 130 valence electrons. The second-order valence-electron chi connectivity index (χ2n) is 6.24. The third-order valence-electron chi connectivity index (χ3n) is 4.49. The van der Waals surface area contributed by atoms with Gasteiger partial charge in [0.2, 0.25) is 0 Å². The maximum atomic E-state index is 12.9. The van der Waals surface area contributed by atoms with Crippen LogP contribution in [-0.2, 0) is 10.0 Å². The molecule has 3 aromatic rings. The maximum absolute atomic E-state index is 12.9. The molecule has 0 atom stereocenters. The number of rotatable bonds is 4. The monoisotopic (exact) mass is 392 g/mol. The van der Waals surface area contributed by atoms with Crippen LogP contribution in [0.15, 0.2) is 46.7 Å². The summed E-state index contributed by atoms with van der Waals surface area (Å²) in [6.45, 7) is 3.69. The number of aryl methyl sites for hydroxylation is 1. The molecular weight excluding hydrogens is 376 g/mol. The molecule has 4 nitrogen and oxygen atoms in total. The average Bonchev–Trinajstić information content (AvgIpc) is 2.83. The number of nitrogens with one attached hydrogen (secondary N) is 2. The SMILES string of the molecule is Cc1c(S(=O)(=O)Nc2cccc(C3CNC3)c2)sc2ccc(Cl)cc12. The fraction of sp³-hybridized carbons (Fsp3) is 0.222. The lowest BCUT2D eigenvalue weighted by molar-refractivity contribution is 0.448. The second kappa shape index (κ2) is 6.29. The van der Waals surface area contributed by atoms with E-state index in [1.54, 1.807) is 12.1 Å². The molecule has 7 heteroatoms. The van der Waals surface area contributed by atoms with Crippen LogP contribution in [0.2, 0.25) is 5.02 Å². The molecule has 0 aliphatic carbocycles. The van der Waals surface area contributed by atoms with Gasteiger partial charge in [-0.2, -0.15) is 0 Å². The van der Waals surface area contributed by atoms with Crippen LogP contribution in [0.5, 0.6) is 0 Å². The van der Waals surface area contributed by atoms with Gasteiger partial charge in [-0.25, -0.2) is 8.42 Å². The first kappa shape index (κ1) is 16.8. The van der Waals surface area contributed by atoms with Crippen LogP contribution < -0.4 is 10.0 Å². The van der Waals surface area contributed by atoms with E-state index in [1.165, 1.54) is 11.3 Å². The molecule has 2 aromatic carbocycles. The number of hydrogen-bond acceptors (Lipinski definition) is 4. The molecule has 2 N–H and O–H groups in total. The Morgan fingerprint density at radius 3 is 2.72 bits per heavy atom. The van der Waals surface area contributed by atoms with Gasteiger partial charge in [-0.3, -0.25) is 4.72 Å². The van der Waals surface area contributed by atoms with E-state index >= 15 is 0 Å². The van der Waals surface area contributed by atoms with Crippen molar-refractivity contribution < 1.29 is 8.42 Å². The number of anilines is 1. The van der Waals surface area contributed by atoms with Crippen molar-refractivity contribution in [2.24, 2.45) is 0 Å². The molecule has 25 heavy (non-hydrogen) atoms. The highest BCUT2D eigenvalue weighted by atomic mass is 35.5. The van der Waals surface area contributed by atoms with E-state index in [0.717, 1.165) is 34.3 Å². The Morgan fingerprint density at radius 1 is 1.20 bits per heavy atom. The summed E-state index contributed by atoms with van der Waals surface area (Å²) in [5.74, 6) is 0.456. The van der Waals surface area contributed by atoms with E-state index in [9.17, 15) is 8.42 Å². The Bertz CT molecular complexity index is 1060. The minimum atomic E-state index is -3.64. The highest BCUT2D eigenvalue weighted by Gasteiger charge is 2.23. The van der Waals surface area contributed by atoms with E-state index < -0.39 is 10.0 Å². The number of sulfonamides is 1. The molecule has 0 radical (unpaired) electrons. The molecular formula is C18H17ClN2O2S2. The van der Waals surface area contributed by atoms with Crippen molar-refractivity contribution in [3.63, 3.8) is 0 Å². The van der Waals surface area contributed by atoms with Crippen molar-refractivity contribution in [3.8, 4) is 0 Å². The van der Waals surface area contributed by atoms with Gasteiger partial charge in [-0.1, -0.05) is 23.7 Å². The van der Waals surface area contributed by atoms with E-state index in [-0.39, 0.29) is 0 Å². The highest BCUT2D eigenvalue weighted by Crippen LogP contribution is 2.36. The highest BCUT2D eigenvalue weighted by molar-refractivity contribution is 7.94. The van der Waals surface area contributed by atoms with E-state index in [0.29, 0.717) is 20.8 Å². The summed E-state index contributed by atoms with van der Waals surface area (Å²) >= 11 is 7.31. The largest absolute Gasteiger partial charge is 0.315 e. The number of hydrogen-bond donors (Lipinski definition) is 2. The summed E-state index contributed by atoms with van der Waals surface area (Å²) < 4.78 is 29.8. The standard InChI is InChI=1S/C18H17ClN2O2S2/c1-11-16-8-14(19)5-6-17(16)24-18(11)25(22,23)21-15-4-2-3-12(7-15)13-9-20-10-13/h2-8,13,20-21H,9-10H2,1H3. The lowest BCUT2D eigenvalue weighted by Gasteiger charge is -2.27. The Kier molecular flexibility index (Phi) is 4.24. The molecule has 1 aromatic heterocycles. The molecule has 2 heterocycles. The molecule has 1 aliphatic rings. The smallest absolute Gasteiger partial charge is 0.271 e. The average molecular weight is 393 g/mol. The Labute approximate surface area is 155 Å². The maximum Gasteiger partial charge on any atom is 0.271 e. The predicted molar refractivity (Wildman–Crippen MR) is 104 cm³/mol. The number of thiophene rings is 1. The third-order valence-corrected chi connectivity index (χ3v) is 8.00. The summed E-state index contributed by atoms with van der Waals surface area (Å²) in [7, 11) is -3.64. The molecule has 0 saturated carbocycles. The minimum absolute atomic E-state index is 0.334. The molecule has 1 saturated heterocycles. The van der Waals surface area contributed by atoms with Crippen LogP contribution in [0.25, 0.3) is 10.1 Å². The summed E-state index contributed by atoms with van der Waals surface area (Å²) in [6.07, 6.45) is 0. The second-order valence-corrected chi connectivity index (χ2v) is 9.61. The normalized spacial score (nSPS) is 15.3. The van der Waals surface area contributed by atoms with E-state index in [4.69, 9.17) is 11.6 Å². The van der Waals surface area contributed by atoms with Crippen molar-refractivity contribution in [1.82, 2.24) is 5.32 Å². The fourth-order valence-electron chi connectivity index (χ4n) is 3.01. The van der Waals surface area contributed by atoms with Gasteiger partial charge in [-0.15, -0.1) is 11.3 Å². The van der Waals surface area contributed by atoms with Crippen molar-refractivity contribution in [2.45, 2.75) is 17.1 Å². The van der Waals surface area contributed by atoms with Gasteiger partial charge in [0.05, 0.1) is 0 Å². The minimum Gasteiger partial charge on any atom is -0.315 e. The first-order chi connectivity index (χ1) is 11.9. The Morgan fingerprint density at radius 2 is 2.00 bits per heavy atom. The zero-order valence-electron chi connectivity index (χ0n) is 13.5. The van der Waals surface area contributed by atoms with Crippen molar-refractivity contribution in [2.75, 3.05) is 17.8 Å². The Hall–Kier alpha value is -1.60. The van der Waals surface area contributed by atoms with Crippen molar-refractivity contribution in [1.29, 1.82) is 0 Å². The lowest BCUT2D eigenvalue weighted by atomic mass is 9.94. The van der Waals surface area contributed by atoms with Crippen LogP contribution in [-0.4, -0.2) is 21.5 Å². The van der Waals surface area contributed by atoms with Crippen LogP contribution in [0.3, 0.4) is 0 Å². The summed E-state index contributed by atoms with van der Waals surface area (Å²) in [4.78, 5) is 0. The van der Waals surface area contributed by atoms with Crippen LogP contribution >= 0.6 is 22.9 Å². The molecule has 0 bridgehead atoms. The molecule has 1 aliphatic heterocycles. The first-order valence-electron chi connectivity index (χ1n) is 7.96. The molecule has 4 rings (SSSR count). The molecule has 0 amide bonds. The van der Waals surface area contributed by atoms with Crippen molar-refractivity contribution >= 4 is 48.7 Å². The van der Waals surface area contributed by atoms with Gasteiger partial charge in [0, 0.05) is 34.4 Å². The number of fused-ring (bicyclic) bond motifs is 1. The molecule has 0 unspecified atom stereocenters.